The van der Waals surface area contributed by atoms with Crippen LogP contribution in [-0.2, 0) is 9.53 Å². The van der Waals surface area contributed by atoms with Crippen molar-refractivity contribution in [3.63, 3.8) is 0 Å². The van der Waals surface area contributed by atoms with Crippen molar-refractivity contribution in [2.24, 2.45) is 5.92 Å². The zero-order chi connectivity index (χ0) is 14.6. The Balaban J connectivity index is 1.97. The van der Waals surface area contributed by atoms with Crippen LogP contribution in [0.25, 0.3) is 0 Å². The van der Waals surface area contributed by atoms with Crippen LogP contribution in [0.3, 0.4) is 0 Å². The van der Waals surface area contributed by atoms with Crippen LogP contribution in [0.5, 0.6) is 0 Å². The fraction of sp³-hybridized carbons (Fsp3) is 0.938. The fourth-order valence-electron chi connectivity index (χ4n) is 3.70. The molecule has 1 aliphatic carbocycles. The normalized spacial score (nSPS) is 32.5. The number of hydrogen-bond donors (Lipinski definition) is 1. The molecule has 1 saturated carbocycles. The second kappa shape index (κ2) is 6.90. The molecule has 20 heavy (non-hydrogen) atoms. The third-order valence-corrected chi connectivity index (χ3v) is 5.11. The summed E-state index contributed by atoms with van der Waals surface area (Å²) in [6, 6.07) is 0.547. The number of likely N-dealkylation sites (tertiary alicyclic amines) is 1. The molecule has 1 saturated heterocycles. The number of hydrogen-bond acceptors (Lipinski definition) is 4. The van der Waals surface area contributed by atoms with E-state index in [4.69, 9.17) is 4.74 Å². The van der Waals surface area contributed by atoms with Gasteiger partial charge >= 0.3 is 5.97 Å². The lowest BCUT2D eigenvalue weighted by molar-refractivity contribution is -0.148. The van der Waals surface area contributed by atoms with E-state index in [0.717, 1.165) is 38.1 Å². The average molecular weight is 282 g/mol. The molecule has 1 heterocycles. The summed E-state index contributed by atoms with van der Waals surface area (Å²) < 4.78 is 5.07. The zero-order valence-corrected chi connectivity index (χ0v) is 13.3. The van der Waals surface area contributed by atoms with E-state index >= 15 is 0 Å². The Labute approximate surface area is 123 Å². The van der Waals surface area contributed by atoms with Crippen molar-refractivity contribution >= 4 is 5.97 Å². The van der Waals surface area contributed by atoms with E-state index in [0.29, 0.717) is 6.04 Å². The number of methoxy groups -OCH3 is 1. The Morgan fingerprint density at radius 2 is 2.05 bits per heavy atom. The zero-order valence-electron chi connectivity index (χ0n) is 13.3. The summed E-state index contributed by atoms with van der Waals surface area (Å²) in [6.45, 7) is 7.75. The Hall–Kier alpha value is -0.610. The van der Waals surface area contributed by atoms with Gasteiger partial charge in [-0.2, -0.15) is 0 Å². The van der Waals surface area contributed by atoms with Crippen LogP contribution in [0, 0.1) is 5.92 Å². The first-order chi connectivity index (χ1) is 9.61. The summed E-state index contributed by atoms with van der Waals surface area (Å²) in [6.07, 6.45) is 6.57. The standard InChI is InChI=1S/C16H30N2O2/c1-4-9-17-16(15(19)20-3)8-5-14(12-16)18-10-6-13(2)7-11-18/h13-14,17H,4-12H2,1-3H3. The lowest BCUT2D eigenvalue weighted by Crippen LogP contribution is -2.52. The minimum absolute atomic E-state index is 0.0705. The number of rotatable bonds is 5. The topological polar surface area (TPSA) is 41.6 Å². The summed E-state index contributed by atoms with van der Waals surface area (Å²) in [5.41, 5.74) is -0.432. The Morgan fingerprint density at radius 1 is 1.35 bits per heavy atom. The van der Waals surface area contributed by atoms with Gasteiger partial charge in [0.25, 0.3) is 0 Å². The third-order valence-electron chi connectivity index (χ3n) is 5.11. The monoisotopic (exact) mass is 282 g/mol. The first-order valence-electron chi connectivity index (χ1n) is 8.19. The molecular formula is C16H30N2O2. The van der Waals surface area contributed by atoms with E-state index in [1.807, 2.05) is 0 Å². The number of nitrogens with zero attached hydrogens (tertiary/aromatic N) is 1. The Morgan fingerprint density at radius 3 is 2.65 bits per heavy atom. The number of ether oxygens (including phenoxy) is 1. The maximum Gasteiger partial charge on any atom is 0.326 e. The minimum atomic E-state index is -0.432. The van der Waals surface area contributed by atoms with Crippen LogP contribution in [0.2, 0.25) is 0 Å². The molecule has 116 valence electrons. The van der Waals surface area contributed by atoms with Gasteiger partial charge in [-0.05, 0) is 64.1 Å². The molecule has 0 radical (unpaired) electrons. The summed E-state index contributed by atoms with van der Waals surface area (Å²) in [7, 11) is 1.51. The molecule has 0 amide bonds. The summed E-state index contributed by atoms with van der Waals surface area (Å²) in [5, 5.41) is 3.47. The minimum Gasteiger partial charge on any atom is -0.468 e. The molecular weight excluding hydrogens is 252 g/mol. The largest absolute Gasteiger partial charge is 0.468 e. The first-order valence-corrected chi connectivity index (χ1v) is 8.19. The molecule has 4 heteroatoms. The van der Waals surface area contributed by atoms with Crippen LogP contribution in [-0.4, -0.2) is 49.2 Å². The van der Waals surface area contributed by atoms with E-state index in [1.54, 1.807) is 0 Å². The van der Waals surface area contributed by atoms with Crippen molar-refractivity contribution < 1.29 is 9.53 Å². The lowest BCUT2D eigenvalue weighted by atomic mass is 9.95. The molecule has 2 unspecified atom stereocenters. The van der Waals surface area contributed by atoms with E-state index in [-0.39, 0.29) is 5.97 Å². The summed E-state index contributed by atoms with van der Waals surface area (Å²) in [5.74, 6) is 0.787. The van der Waals surface area contributed by atoms with Gasteiger partial charge in [0.15, 0.2) is 0 Å². The molecule has 0 spiro atoms. The van der Waals surface area contributed by atoms with Gasteiger partial charge in [0.2, 0.25) is 0 Å². The van der Waals surface area contributed by atoms with E-state index in [1.165, 1.54) is 33.0 Å². The molecule has 2 rings (SSSR count). The predicted octanol–water partition coefficient (Wildman–Crippen LogP) is 2.18. The number of carbonyl (C=O) groups excluding carboxylic acids is 1. The molecule has 0 aromatic carbocycles. The summed E-state index contributed by atoms with van der Waals surface area (Å²) >= 11 is 0. The third kappa shape index (κ3) is 3.34. The van der Waals surface area contributed by atoms with Crippen LogP contribution < -0.4 is 5.32 Å². The molecule has 0 aromatic heterocycles. The molecule has 0 bridgehead atoms. The van der Waals surface area contributed by atoms with E-state index < -0.39 is 5.54 Å². The SMILES string of the molecule is CCCNC1(C(=O)OC)CCC(N2CCC(C)CC2)C1. The summed E-state index contributed by atoms with van der Waals surface area (Å²) in [4.78, 5) is 14.8. The van der Waals surface area contributed by atoms with Crippen molar-refractivity contribution in [1.82, 2.24) is 10.2 Å². The molecule has 1 aliphatic heterocycles. The first kappa shape index (κ1) is 15.8. The van der Waals surface area contributed by atoms with Gasteiger partial charge in [-0.25, -0.2) is 0 Å². The van der Waals surface area contributed by atoms with E-state index in [9.17, 15) is 4.79 Å². The molecule has 2 atom stereocenters. The maximum absolute atomic E-state index is 12.2. The Kier molecular flexibility index (Phi) is 5.44. The number of piperidine rings is 1. The van der Waals surface area contributed by atoms with Crippen molar-refractivity contribution in [3.05, 3.63) is 0 Å². The highest BCUT2D eigenvalue weighted by molar-refractivity contribution is 5.81. The van der Waals surface area contributed by atoms with Gasteiger partial charge in [0.1, 0.15) is 5.54 Å². The quantitative estimate of drug-likeness (QED) is 0.785. The van der Waals surface area contributed by atoms with Crippen molar-refractivity contribution in [2.45, 2.75) is 64.0 Å². The number of nitrogens with one attached hydrogen (secondary N) is 1. The molecule has 2 aliphatic rings. The van der Waals surface area contributed by atoms with Gasteiger partial charge in [-0.3, -0.25) is 4.79 Å². The van der Waals surface area contributed by atoms with E-state index in [2.05, 4.69) is 24.1 Å². The molecule has 4 nitrogen and oxygen atoms in total. The average Bonchev–Trinajstić information content (AvgIpc) is 2.91. The van der Waals surface area contributed by atoms with Gasteiger partial charge in [0, 0.05) is 6.04 Å². The highest BCUT2D eigenvalue weighted by Gasteiger charge is 2.47. The van der Waals surface area contributed by atoms with Crippen LogP contribution in [0.15, 0.2) is 0 Å². The second-order valence-corrected chi connectivity index (χ2v) is 6.62. The Bertz CT molecular complexity index is 326. The molecule has 1 N–H and O–H groups in total. The number of carbonyl (C=O) groups is 1. The van der Waals surface area contributed by atoms with Gasteiger partial charge < -0.3 is 15.0 Å². The number of esters is 1. The second-order valence-electron chi connectivity index (χ2n) is 6.62. The molecule has 2 fully saturated rings. The van der Waals surface area contributed by atoms with Gasteiger partial charge in [-0.1, -0.05) is 13.8 Å². The lowest BCUT2D eigenvalue weighted by Gasteiger charge is -2.36. The van der Waals surface area contributed by atoms with Crippen LogP contribution in [0.1, 0.15) is 52.4 Å². The van der Waals surface area contributed by atoms with Gasteiger partial charge in [-0.15, -0.1) is 0 Å². The predicted molar refractivity (Wildman–Crippen MR) is 80.7 cm³/mol. The van der Waals surface area contributed by atoms with Crippen LogP contribution in [0.4, 0.5) is 0 Å². The van der Waals surface area contributed by atoms with Crippen LogP contribution >= 0.6 is 0 Å². The smallest absolute Gasteiger partial charge is 0.326 e. The highest BCUT2D eigenvalue weighted by Crippen LogP contribution is 2.35. The molecule has 0 aromatic rings. The highest BCUT2D eigenvalue weighted by atomic mass is 16.5. The van der Waals surface area contributed by atoms with Crippen molar-refractivity contribution in [2.75, 3.05) is 26.7 Å². The van der Waals surface area contributed by atoms with Gasteiger partial charge in [0.05, 0.1) is 7.11 Å². The fourth-order valence-corrected chi connectivity index (χ4v) is 3.70. The van der Waals surface area contributed by atoms with Crippen molar-refractivity contribution in [3.8, 4) is 0 Å². The van der Waals surface area contributed by atoms with Crippen molar-refractivity contribution in [1.29, 1.82) is 0 Å². The maximum atomic E-state index is 12.2.